The van der Waals surface area contributed by atoms with Crippen molar-refractivity contribution in [1.82, 2.24) is 4.31 Å². The minimum atomic E-state index is -3.82. The summed E-state index contributed by atoms with van der Waals surface area (Å²) in [6, 6.07) is 22.3. The van der Waals surface area contributed by atoms with Crippen LogP contribution in [0.5, 0.6) is 11.5 Å². The number of methoxy groups -OCH3 is 2. The third-order valence-corrected chi connectivity index (χ3v) is 9.57. The van der Waals surface area contributed by atoms with Gasteiger partial charge in [0, 0.05) is 19.2 Å². The Morgan fingerprint density at radius 1 is 0.923 bits per heavy atom. The molecule has 208 valence electrons. The molecule has 0 saturated heterocycles. The van der Waals surface area contributed by atoms with Gasteiger partial charge in [0.05, 0.1) is 25.0 Å². The van der Waals surface area contributed by atoms with Gasteiger partial charge in [0.25, 0.3) is 0 Å². The van der Waals surface area contributed by atoms with Crippen molar-refractivity contribution in [2.24, 2.45) is 17.6 Å². The lowest BCUT2D eigenvalue weighted by Gasteiger charge is -2.35. The number of nitrogens with two attached hydrogens (primary N) is 1. The van der Waals surface area contributed by atoms with Crippen molar-refractivity contribution in [3.8, 4) is 11.5 Å². The van der Waals surface area contributed by atoms with Crippen molar-refractivity contribution in [3.05, 3.63) is 89.5 Å². The highest BCUT2D eigenvalue weighted by molar-refractivity contribution is 7.89. The monoisotopic (exact) mass is 550 g/mol. The zero-order valence-electron chi connectivity index (χ0n) is 22.9. The summed E-state index contributed by atoms with van der Waals surface area (Å²) < 4.78 is 40.1. The maximum Gasteiger partial charge on any atom is 0.243 e. The van der Waals surface area contributed by atoms with E-state index in [1.54, 1.807) is 16.4 Å². The fourth-order valence-electron chi connectivity index (χ4n) is 5.60. The molecule has 3 aromatic carbocycles. The molecule has 1 atom stereocenters. The van der Waals surface area contributed by atoms with E-state index in [-0.39, 0.29) is 35.1 Å². The van der Waals surface area contributed by atoms with Crippen molar-refractivity contribution in [2.75, 3.05) is 20.8 Å². The Bertz CT molecular complexity index is 1350. The summed E-state index contributed by atoms with van der Waals surface area (Å²) in [6.45, 7) is 2.68. The van der Waals surface area contributed by atoms with Crippen LogP contribution in [0.1, 0.15) is 48.3 Å². The van der Waals surface area contributed by atoms with E-state index in [0.717, 1.165) is 42.4 Å². The number of hydrogen-bond acceptors (Lipinski definition) is 5. The number of nitrogens with zero attached hydrogens (tertiary/aromatic N) is 1. The molecule has 0 spiro atoms. The summed E-state index contributed by atoms with van der Waals surface area (Å²) in [5.74, 6) is 0.527. The number of sulfonamides is 1. The second kappa shape index (κ2) is 12.7. The minimum absolute atomic E-state index is 0.145. The highest BCUT2D eigenvalue weighted by Crippen LogP contribution is 2.39. The number of ether oxygens (including phenoxy) is 2. The second-order valence-electron chi connectivity index (χ2n) is 10.4. The van der Waals surface area contributed by atoms with Crippen molar-refractivity contribution < 1.29 is 22.7 Å². The molecule has 0 radical (unpaired) electrons. The molecule has 3 aromatic rings. The van der Waals surface area contributed by atoms with Crippen LogP contribution in [0.3, 0.4) is 0 Å². The lowest BCUT2D eigenvalue weighted by Crippen LogP contribution is -2.37. The molecule has 1 unspecified atom stereocenters. The number of benzene rings is 3. The molecule has 1 saturated carbocycles. The van der Waals surface area contributed by atoms with Crippen LogP contribution in [-0.4, -0.2) is 39.4 Å². The van der Waals surface area contributed by atoms with Crippen LogP contribution >= 0.6 is 0 Å². The molecule has 1 amide bonds. The third kappa shape index (κ3) is 6.81. The Morgan fingerprint density at radius 2 is 1.56 bits per heavy atom. The molecule has 0 aliphatic heterocycles. The first-order valence-electron chi connectivity index (χ1n) is 13.3. The normalized spacial score (nSPS) is 18.5. The number of amides is 1. The van der Waals surface area contributed by atoms with Gasteiger partial charge in [-0.25, -0.2) is 8.42 Å². The summed E-state index contributed by atoms with van der Waals surface area (Å²) in [4.78, 5) is 12.6. The largest absolute Gasteiger partial charge is 0.493 e. The summed E-state index contributed by atoms with van der Waals surface area (Å²) >= 11 is 0. The molecular formula is C31H38N2O5S. The Balaban J connectivity index is 1.53. The van der Waals surface area contributed by atoms with Gasteiger partial charge < -0.3 is 15.2 Å². The fraction of sp³-hybridized carbons (Fsp3) is 0.387. The number of hydrogen-bond donors (Lipinski definition) is 1. The summed E-state index contributed by atoms with van der Waals surface area (Å²) in [7, 11) is -0.813. The third-order valence-electron chi connectivity index (χ3n) is 7.76. The van der Waals surface area contributed by atoms with Gasteiger partial charge >= 0.3 is 0 Å². The van der Waals surface area contributed by atoms with Crippen LogP contribution in [-0.2, 0) is 21.4 Å². The van der Waals surface area contributed by atoms with E-state index in [2.05, 4.69) is 0 Å². The van der Waals surface area contributed by atoms with E-state index in [1.165, 1.54) is 20.3 Å². The van der Waals surface area contributed by atoms with Crippen LogP contribution < -0.4 is 15.2 Å². The van der Waals surface area contributed by atoms with E-state index in [1.807, 2.05) is 61.5 Å². The average Bonchev–Trinajstić information content (AvgIpc) is 2.94. The van der Waals surface area contributed by atoms with Crippen LogP contribution in [0.2, 0.25) is 0 Å². The van der Waals surface area contributed by atoms with Gasteiger partial charge in [0.1, 0.15) is 0 Å². The first-order chi connectivity index (χ1) is 18.7. The van der Waals surface area contributed by atoms with Crippen LogP contribution in [0.25, 0.3) is 0 Å². The zero-order valence-corrected chi connectivity index (χ0v) is 23.7. The van der Waals surface area contributed by atoms with Crippen LogP contribution in [0.4, 0.5) is 0 Å². The molecule has 1 aliphatic carbocycles. The molecule has 39 heavy (non-hydrogen) atoms. The number of aryl methyl sites for hydroxylation is 1. The minimum Gasteiger partial charge on any atom is -0.493 e. The molecule has 7 nitrogen and oxygen atoms in total. The van der Waals surface area contributed by atoms with Crippen molar-refractivity contribution in [3.63, 3.8) is 0 Å². The number of rotatable bonds is 11. The van der Waals surface area contributed by atoms with Gasteiger partial charge in [-0.1, -0.05) is 60.2 Å². The Hall–Kier alpha value is -3.36. The molecule has 0 heterocycles. The second-order valence-corrected chi connectivity index (χ2v) is 12.3. The standard InChI is InChI=1S/C31H38N2O5S/c1-22-9-13-25(14-10-22)30(31(32)34)26-15-11-24(12-16-26)21-33(20-23-7-5-4-6-8-23)39(35,36)27-17-18-28(37-2)29(19-27)38-3/h4-10,13-14,17-19,24,26,30H,11-12,15-16,20-21H2,1-3H3,(H2,32,34). The zero-order chi connectivity index (χ0) is 28.0. The quantitative estimate of drug-likeness (QED) is 0.350. The van der Waals surface area contributed by atoms with E-state index < -0.39 is 10.0 Å². The molecule has 0 bridgehead atoms. The lowest BCUT2D eigenvalue weighted by atomic mass is 9.73. The van der Waals surface area contributed by atoms with Gasteiger partial charge in [-0.05, 0) is 67.7 Å². The SMILES string of the molecule is COc1ccc(S(=O)(=O)N(Cc2ccccc2)CC2CCC(C(C(N)=O)c3ccc(C)cc3)CC2)cc1OC. The predicted molar refractivity (Wildman–Crippen MR) is 152 cm³/mol. The molecule has 8 heteroatoms. The summed E-state index contributed by atoms with van der Waals surface area (Å²) in [6.07, 6.45) is 3.30. The number of primary amides is 1. The van der Waals surface area contributed by atoms with Crippen molar-refractivity contribution in [2.45, 2.75) is 50.0 Å². The van der Waals surface area contributed by atoms with Gasteiger partial charge in [0.2, 0.25) is 15.9 Å². The molecule has 4 rings (SSSR count). The van der Waals surface area contributed by atoms with E-state index >= 15 is 0 Å². The highest BCUT2D eigenvalue weighted by atomic mass is 32.2. The molecule has 2 N–H and O–H groups in total. The summed E-state index contributed by atoms with van der Waals surface area (Å²) in [5.41, 5.74) is 8.87. The Kier molecular flexibility index (Phi) is 9.30. The smallest absolute Gasteiger partial charge is 0.243 e. The molecule has 1 aliphatic rings. The predicted octanol–water partition coefficient (Wildman–Crippen LogP) is 5.28. The molecule has 0 aromatic heterocycles. The van der Waals surface area contributed by atoms with E-state index in [4.69, 9.17) is 15.2 Å². The average molecular weight is 551 g/mol. The topological polar surface area (TPSA) is 98.9 Å². The van der Waals surface area contributed by atoms with Crippen LogP contribution in [0, 0.1) is 18.8 Å². The van der Waals surface area contributed by atoms with E-state index in [9.17, 15) is 13.2 Å². The fourth-order valence-corrected chi connectivity index (χ4v) is 7.12. The molecular weight excluding hydrogens is 512 g/mol. The lowest BCUT2D eigenvalue weighted by molar-refractivity contribution is -0.121. The first-order valence-corrected chi connectivity index (χ1v) is 14.8. The molecule has 1 fully saturated rings. The summed E-state index contributed by atoms with van der Waals surface area (Å²) in [5, 5.41) is 0. The van der Waals surface area contributed by atoms with Gasteiger partial charge in [-0.15, -0.1) is 0 Å². The highest BCUT2D eigenvalue weighted by Gasteiger charge is 2.35. The van der Waals surface area contributed by atoms with Crippen LogP contribution in [0.15, 0.2) is 77.7 Å². The van der Waals surface area contributed by atoms with Gasteiger partial charge in [-0.3, -0.25) is 4.79 Å². The maximum atomic E-state index is 13.9. The Labute approximate surface area is 232 Å². The maximum absolute atomic E-state index is 13.9. The number of carbonyl (C=O) groups is 1. The van der Waals surface area contributed by atoms with Crippen molar-refractivity contribution >= 4 is 15.9 Å². The van der Waals surface area contributed by atoms with Gasteiger partial charge in [0.15, 0.2) is 11.5 Å². The van der Waals surface area contributed by atoms with Gasteiger partial charge in [-0.2, -0.15) is 4.31 Å². The van der Waals surface area contributed by atoms with E-state index in [0.29, 0.717) is 18.0 Å². The first kappa shape index (κ1) is 28.6. The number of carbonyl (C=O) groups excluding carboxylic acids is 1. The Morgan fingerprint density at radius 3 is 2.15 bits per heavy atom. The van der Waals surface area contributed by atoms with Crippen molar-refractivity contribution in [1.29, 1.82) is 0 Å².